The van der Waals surface area contributed by atoms with Gasteiger partial charge in [0.05, 0.1) is 4.92 Å². The van der Waals surface area contributed by atoms with Crippen molar-refractivity contribution in [2.75, 3.05) is 5.32 Å². The van der Waals surface area contributed by atoms with Gasteiger partial charge in [-0.25, -0.2) is 9.97 Å². The molecule has 0 aliphatic rings. The third-order valence-electron chi connectivity index (χ3n) is 2.44. The van der Waals surface area contributed by atoms with Gasteiger partial charge < -0.3 is 5.32 Å². The van der Waals surface area contributed by atoms with Crippen molar-refractivity contribution in [1.29, 1.82) is 0 Å². The fourth-order valence-electron chi connectivity index (χ4n) is 1.50. The molecule has 96 valence electrons. The number of hydrogen-bond acceptors (Lipinski definition) is 5. The SMILES string of the molecule is Cc1cc([N+](=O)[O-])ccc1NC(=O)c1ncccn1. The minimum atomic E-state index is -0.487. The molecule has 0 saturated heterocycles. The first-order chi connectivity index (χ1) is 9.08. The third-order valence-corrected chi connectivity index (χ3v) is 2.44. The van der Waals surface area contributed by atoms with Crippen molar-refractivity contribution in [1.82, 2.24) is 9.97 Å². The first-order valence-corrected chi connectivity index (χ1v) is 5.41. The standard InChI is InChI=1S/C12H10N4O3/c1-8-7-9(16(18)19)3-4-10(8)15-12(17)11-13-5-2-6-14-11/h2-7H,1H3,(H,15,17). The average molecular weight is 258 g/mol. The smallest absolute Gasteiger partial charge is 0.293 e. The van der Waals surface area contributed by atoms with Gasteiger partial charge in [-0.2, -0.15) is 0 Å². The molecule has 0 spiro atoms. The number of amides is 1. The fourth-order valence-corrected chi connectivity index (χ4v) is 1.50. The first-order valence-electron chi connectivity index (χ1n) is 5.41. The molecule has 0 saturated carbocycles. The van der Waals surface area contributed by atoms with Crippen LogP contribution in [0.3, 0.4) is 0 Å². The molecule has 7 nitrogen and oxygen atoms in total. The van der Waals surface area contributed by atoms with Crippen molar-refractivity contribution >= 4 is 17.3 Å². The summed E-state index contributed by atoms with van der Waals surface area (Å²) in [7, 11) is 0. The second-order valence-electron chi connectivity index (χ2n) is 3.78. The Labute approximate surface area is 108 Å². The molecule has 0 aliphatic carbocycles. The van der Waals surface area contributed by atoms with Crippen LogP contribution in [0.5, 0.6) is 0 Å². The van der Waals surface area contributed by atoms with Crippen LogP contribution in [0.1, 0.15) is 16.2 Å². The lowest BCUT2D eigenvalue weighted by atomic mass is 10.2. The van der Waals surface area contributed by atoms with E-state index in [4.69, 9.17) is 0 Å². The van der Waals surface area contributed by atoms with Gasteiger partial charge in [-0.15, -0.1) is 0 Å². The Morgan fingerprint density at radius 1 is 1.32 bits per heavy atom. The van der Waals surface area contributed by atoms with Crippen LogP contribution in [0, 0.1) is 17.0 Å². The summed E-state index contributed by atoms with van der Waals surface area (Å²) in [5.74, 6) is -0.419. The molecule has 0 bridgehead atoms. The van der Waals surface area contributed by atoms with Crippen LogP contribution in [0.4, 0.5) is 11.4 Å². The number of nitrogens with one attached hydrogen (secondary N) is 1. The number of aromatic nitrogens is 2. The molecule has 1 aromatic heterocycles. The number of rotatable bonds is 3. The van der Waals surface area contributed by atoms with E-state index in [1.54, 1.807) is 13.0 Å². The van der Waals surface area contributed by atoms with E-state index in [1.807, 2.05) is 0 Å². The van der Waals surface area contributed by atoms with Gasteiger partial charge in [0.2, 0.25) is 5.82 Å². The maximum absolute atomic E-state index is 11.8. The van der Waals surface area contributed by atoms with Gasteiger partial charge in [0.25, 0.3) is 11.6 Å². The van der Waals surface area contributed by atoms with Crippen LogP contribution in [0.25, 0.3) is 0 Å². The largest absolute Gasteiger partial charge is 0.319 e. The lowest BCUT2D eigenvalue weighted by Crippen LogP contribution is -2.15. The van der Waals surface area contributed by atoms with Crippen molar-refractivity contribution in [3.8, 4) is 0 Å². The number of nitrogens with zero attached hydrogens (tertiary/aromatic N) is 3. The molecule has 2 rings (SSSR count). The number of nitro benzene ring substituents is 1. The summed E-state index contributed by atoms with van der Waals surface area (Å²) in [6, 6.07) is 5.80. The van der Waals surface area contributed by atoms with Crippen molar-refractivity contribution in [3.63, 3.8) is 0 Å². The Kier molecular flexibility index (Phi) is 3.46. The monoisotopic (exact) mass is 258 g/mol. The lowest BCUT2D eigenvalue weighted by Gasteiger charge is -2.06. The minimum absolute atomic E-state index is 0.0218. The van der Waals surface area contributed by atoms with E-state index in [0.29, 0.717) is 11.3 Å². The summed E-state index contributed by atoms with van der Waals surface area (Å²) >= 11 is 0. The molecule has 0 atom stereocenters. The Bertz CT molecular complexity index is 628. The Morgan fingerprint density at radius 3 is 2.58 bits per heavy atom. The van der Waals surface area contributed by atoms with Crippen LogP contribution < -0.4 is 5.32 Å². The highest BCUT2D eigenvalue weighted by Crippen LogP contribution is 2.21. The number of non-ortho nitro benzene ring substituents is 1. The molecule has 1 heterocycles. The van der Waals surface area contributed by atoms with Gasteiger partial charge >= 0.3 is 0 Å². The third kappa shape index (κ3) is 2.89. The van der Waals surface area contributed by atoms with Gasteiger partial charge in [-0.1, -0.05) is 0 Å². The molecule has 1 N–H and O–H groups in total. The van der Waals surface area contributed by atoms with Gasteiger partial charge in [-0.05, 0) is 24.6 Å². The topological polar surface area (TPSA) is 98.0 Å². The zero-order chi connectivity index (χ0) is 13.8. The highest BCUT2D eigenvalue weighted by Gasteiger charge is 2.12. The quantitative estimate of drug-likeness (QED) is 0.670. The molecule has 2 aromatic rings. The molecule has 0 radical (unpaired) electrons. The highest BCUT2D eigenvalue weighted by atomic mass is 16.6. The first kappa shape index (κ1) is 12.6. The number of anilines is 1. The molecular weight excluding hydrogens is 248 g/mol. The number of nitro groups is 1. The molecule has 1 aromatic carbocycles. The minimum Gasteiger partial charge on any atom is -0.319 e. The highest BCUT2D eigenvalue weighted by molar-refractivity contribution is 6.01. The summed E-state index contributed by atoms with van der Waals surface area (Å²) in [6.07, 6.45) is 2.93. The van der Waals surface area contributed by atoms with Crippen LogP contribution in [-0.2, 0) is 0 Å². The molecule has 0 fully saturated rings. The van der Waals surface area contributed by atoms with E-state index in [0.717, 1.165) is 0 Å². The van der Waals surface area contributed by atoms with E-state index in [-0.39, 0.29) is 11.5 Å². The summed E-state index contributed by atoms with van der Waals surface area (Å²) in [6.45, 7) is 1.68. The fraction of sp³-hybridized carbons (Fsp3) is 0.0833. The van der Waals surface area contributed by atoms with Crippen LogP contribution in [0.2, 0.25) is 0 Å². The van der Waals surface area contributed by atoms with Gasteiger partial charge in [0, 0.05) is 30.2 Å². The lowest BCUT2D eigenvalue weighted by molar-refractivity contribution is -0.384. The van der Waals surface area contributed by atoms with E-state index >= 15 is 0 Å². The molecule has 0 aliphatic heterocycles. The van der Waals surface area contributed by atoms with Crippen LogP contribution >= 0.6 is 0 Å². The predicted octanol–water partition coefficient (Wildman–Crippen LogP) is 1.95. The van der Waals surface area contributed by atoms with E-state index < -0.39 is 10.8 Å². The van der Waals surface area contributed by atoms with Crippen LogP contribution in [-0.4, -0.2) is 20.8 Å². The number of benzene rings is 1. The van der Waals surface area contributed by atoms with E-state index in [9.17, 15) is 14.9 Å². The molecule has 1 amide bonds. The maximum atomic E-state index is 11.8. The zero-order valence-corrected chi connectivity index (χ0v) is 10.0. The van der Waals surface area contributed by atoms with Gasteiger partial charge in [-0.3, -0.25) is 14.9 Å². The normalized spacial score (nSPS) is 9.95. The van der Waals surface area contributed by atoms with E-state index in [1.165, 1.54) is 30.6 Å². The summed E-state index contributed by atoms with van der Waals surface area (Å²) in [5, 5.41) is 13.2. The Morgan fingerprint density at radius 2 is 2.00 bits per heavy atom. The van der Waals surface area contributed by atoms with Crippen LogP contribution in [0.15, 0.2) is 36.7 Å². The van der Waals surface area contributed by atoms with Crippen molar-refractivity contribution < 1.29 is 9.72 Å². The summed E-state index contributed by atoms with van der Waals surface area (Å²) < 4.78 is 0. The van der Waals surface area contributed by atoms with Gasteiger partial charge in [0.1, 0.15) is 0 Å². The second-order valence-corrected chi connectivity index (χ2v) is 3.78. The summed E-state index contributed by atoms with van der Waals surface area (Å²) in [5.41, 5.74) is 1.06. The number of carbonyl (C=O) groups excluding carboxylic acids is 1. The number of carbonyl (C=O) groups is 1. The van der Waals surface area contributed by atoms with E-state index in [2.05, 4.69) is 15.3 Å². The van der Waals surface area contributed by atoms with Crippen molar-refractivity contribution in [2.45, 2.75) is 6.92 Å². The molecule has 0 unspecified atom stereocenters. The predicted molar refractivity (Wildman–Crippen MR) is 67.8 cm³/mol. The second kappa shape index (κ2) is 5.21. The Hall–Kier alpha value is -2.83. The van der Waals surface area contributed by atoms with Crippen molar-refractivity contribution in [2.24, 2.45) is 0 Å². The zero-order valence-electron chi connectivity index (χ0n) is 10.0. The molecule has 19 heavy (non-hydrogen) atoms. The van der Waals surface area contributed by atoms with Gasteiger partial charge in [0.15, 0.2) is 0 Å². The molecular formula is C12H10N4O3. The molecule has 7 heteroatoms. The Balaban J connectivity index is 2.20. The number of hydrogen-bond donors (Lipinski definition) is 1. The summed E-state index contributed by atoms with van der Waals surface area (Å²) in [4.78, 5) is 29.6. The maximum Gasteiger partial charge on any atom is 0.293 e. The number of aryl methyl sites for hydroxylation is 1. The average Bonchev–Trinajstić information content (AvgIpc) is 2.41. The van der Waals surface area contributed by atoms with Crippen molar-refractivity contribution in [3.05, 3.63) is 58.2 Å².